The Hall–Kier alpha value is -1.90. The highest BCUT2D eigenvalue weighted by Gasteiger charge is 2.33. The van der Waals surface area contributed by atoms with Gasteiger partial charge in [0, 0.05) is 12.2 Å². The fourth-order valence-corrected chi connectivity index (χ4v) is 3.51. The van der Waals surface area contributed by atoms with Crippen molar-refractivity contribution >= 4 is 24.5 Å². The summed E-state index contributed by atoms with van der Waals surface area (Å²) in [6.07, 6.45) is 1.79. The monoisotopic (exact) mass is 375 g/mol. The summed E-state index contributed by atoms with van der Waals surface area (Å²) in [5.41, 5.74) is 2.57. The molecule has 1 aromatic rings. The zero-order valence-corrected chi connectivity index (χ0v) is 16.0. The van der Waals surface area contributed by atoms with Crippen molar-refractivity contribution in [2.24, 2.45) is 5.92 Å². The van der Waals surface area contributed by atoms with E-state index in [9.17, 15) is 14.6 Å². The topological polar surface area (TPSA) is 94.1 Å². The summed E-state index contributed by atoms with van der Waals surface area (Å²) in [7, 11) is -1.02. The third kappa shape index (κ3) is 4.34. The van der Waals surface area contributed by atoms with Crippen molar-refractivity contribution in [2.45, 2.75) is 52.4 Å². The average Bonchev–Trinajstić information content (AvgIpc) is 3.27. The zero-order chi connectivity index (χ0) is 19.6. The molecule has 1 amide bonds. The molecule has 0 saturated carbocycles. The summed E-state index contributed by atoms with van der Waals surface area (Å²) in [5.74, 6) is -0.965. The van der Waals surface area contributed by atoms with Gasteiger partial charge in [0.1, 0.15) is 12.6 Å². The maximum absolute atomic E-state index is 12.8. The van der Waals surface area contributed by atoms with Crippen LogP contribution in [0.15, 0.2) is 12.1 Å². The van der Waals surface area contributed by atoms with Gasteiger partial charge in [-0.3, -0.25) is 4.79 Å². The molecule has 2 N–H and O–H groups in total. The summed E-state index contributed by atoms with van der Waals surface area (Å²) < 4.78 is 16.0. The second-order valence-corrected chi connectivity index (χ2v) is 7.43. The number of ether oxygens (including phenoxy) is 2. The van der Waals surface area contributed by atoms with Gasteiger partial charge in [0.05, 0.1) is 12.7 Å². The number of esters is 1. The lowest BCUT2D eigenvalue weighted by Crippen LogP contribution is -2.46. The highest BCUT2D eigenvalue weighted by atomic mass is 16.6. The zero-order valence-electron chi connectivity index (χ0n) is 16.0. The fourth-order valence-electron chi connectivity index (χ4n) is 3.51. The van der Waals surface area contributed by atoms with E-state index in [1.807, 2.05) is 13.8 Å². The van der Waals surface area contributed by atoms with Crippen molar-refractivity contribution in [3.8, 4) is 0 Å². The van der Waals surface area contributed by atoms with E-state index in [0.29, 0.717) is 29.8 Å². The van der Waals surface area contributed by atoms with Gasteiger partial charge >= 0.3 is 13.1 Å². The second-order valence-electron chi connectivity index (χ2n) is 7.43. The lowest BCUT2D eigenvalue weighted by molar-refractivity contribution is -0.150. The molecule has 2 aliphatic heterocycles. The first-order valence-electron chi connectivity index (χ1n) is 9.39. The first-order valence-corrected chi connectivity index (χ1v) is 9.39. The first kappa shape index (κ1) is 19.9. The Morgan fingerprint density at radius 3 is 2.85 bits per heavy atom. The first-order chi connectivity index (χ1) is 12.9. The van der Waals surface area contributed by atoms with Crippen LogP contribution in [0.1, 0.15) is 48.2 Å². The number of amides is 1. The molecule has 7 nitrogen and oxygen atoms in total. The van der Waals surface area contributed by atoms with Crippen LogP contribution < -0.4 is 10.8 Å². The van der Waals surface area contributed by atoms with E-state index in [1.54, 1.807) is 19.1 Å². The second kappa shape index (κ2) is 8.41. The van der Waals surface area contributed by atoms with Crippen LogP contribution in [0.4, 0.5) is 0 Å². The van der Waals surface area contributed by atoms with Crippen LogP contribution in [0.5, 0.6) is 0 Å². The summed E-state index contributed by atoms with van der Waals surface area (Å²) in [4.78, 5) is 25.3. The third-order valence-electron chi connectivity index (χ3n) is 5.14. The van der Waals surface area contributed by atoms with Gasteiger partial charge in [0.25, 0.3) is 5.91 Å². The predicted octanol–water partition coefficient (Wildman–Crippen LogP) is 0.689. The maximum atomic E-state index is 12.8. The lowest BCUT2D eigenvalue weighted by Gasteiger charge is -2.22. The van der Waals surface area contributed by atoms with Crippen molar-refractivity contribution in [3.05, 3.63) is 28.8 Å². The minimum absolute atomic E-state index is 0.0575. The molecule has 1 aromatic carbocycles. The van der Waals surface area contributed by atoms with Crippen LogP contribution in [-0.2, 0) is 25.5 Å². The summed E-state index contributed by atoms with van der Waals surface area (Å²) in [6.45, 7) is 6.70. The average molecular weight is 375 g/mol. The number of carbonyl (C=O) groups excluding carboxylic acids is 2. The molecule has 0 radical (unpaired) electrons. The molecule has 1 unspecified atom stereocenters. The van der Waals surface area contributed by atoms with Crippen molar-refractivity contribution in [3.63, 3.8) is 0 Å². The smallest absolute Gasteiger partial charge is 0.461 e. The van der Waals surface area contributed by atoms with Gasteiger partial charge in [-0.25, -0.2) is 4.79 Å². The Kier molecular flexibility index (Phi) is 6.19. The molecule has 2 heterocycles. The Morgan fingerprint density at radius 1 is 1.41 bits per heavy atom. The molecule has 146 valence electrons. The van der Waals surface area contributed by atoms with Crippen molar-refractivity contribution < 1.29 is 28.7 Å². The van der Waals surface area contributed by atoms with Crippen LogP contribution >= 0.6 is 0 Å². The molecule has 0 spiro atoms. The highest BCUT2D eigenvalue weighted by Crippen LogP contribution is 2.17. The number of hydrogen-bond donors (Lipinski definition) is 2. The van der Waals surface area contributed by atoms with Gasteiger partial charge in [-0.1, -0.05) is 19.9 Å². The normalized spacial score (nSPS) is 19.9. The van der Waals surface area contributed by atoms with E-state index < -0.39 is 19.1 Å². The van der Waals surface area contributed by atoms with E-state index >= 15 is 0 Å². The molecule has 0 bridgehead atoms. The molecular weight excluding hydrogens is 349 g/mol. The Bertz CT molecular complexity index is 716. The van der Waals surface area contributed by atoms with Gasteiger partial charge in [0.2, 0.25) is 0 Å². The van der Waals surface area contributed by atoms with Gasteiger partial charge in [-0.05, 0) is 48.3 Å². The van der Waals surface area contributed by atoms with Crippen LogP contribution in [0.3, 0.4) is 0 Å². The molecule has 2 atom stereocenters. The standard InChI is InChI=1S/C19H26BNO6/c1-11(2)17(19(23)26-10-14-5-4-8-25-14)21-18(22)15-7-6-13-9-27-20(24)16(13)12(15)3/h6-7,11,14,17,24H,4-5,8-10H2,1-3H3,(H,21,22)/t14-,17?/m1/s1. The predicted molar refractivity (Wildman–Crippen MR) is 99.6 cm³/mol. The molecule has 3 rings (SSSR count). The largest absolute Gasteiger partial charge is 0.492 e. The van der Waals surface area contributed by atoms with Crippen LogP contribution in [-0.4, -0.2) is 49.4 Å². The molecule has 27 heavy (non-hydrogen) atoms. The fraction of sp³-hybridized carbons (Fsp3) is 0.579. The van der Waals surface area contributed by atoms with Crippen LogP contribution in [0.2, 0.25) is 0 Å². The summed E-state index contributed by atoms with van der Waals surface area (Å²) in [5, 5.41) is 12.7. The van der Waals surface area contributed by atoms with E-state index in [2.05, 4.69) is 5.32 Å². The SMILES string of the molecule is Cc1c(C(=O)NC(C(=O)OC[C@H]2CCCO2)C(C)C)ccc2c1B(O)OC2. The van der Waals surface area contributed by atoms with Gasteiger partial charge in [-0.2, -0.15) is 0 Å². The van der Waals surface area contributed by atoms with E-state index in [4.69, 9.17) is 14.1 Å². The van der Waals surface area contributed by atoms with Crippen molar-refractivity contribution in [1.29, 1.82) is 0 Å². The summed E-state index contributed by atoms with van der Waals surface area (Å²) >= 11 is 0. The Balaban J connectivity index is 1.68. The van der Waals surface area contributed by atoms with Gasteiger partial charge < -0.3 is 24.5 Å². The third-order valence-corrected chi connectivity index (χ3v) is 5.14. The van der Waals surface area contributed by atoms with Crippen molar-refractivity contribution in [2.75, 3.05) is 13.2 Å². The number of fused-ring (bicyclic) bond motifs is 1. The van der Waals surface area contributed by atoms with E-state index in [0.717, 1.165) is 18.4 Å². The van der Waals surface area contributed by atoms with Gasteiger partial charge in [0.15, 0.2) is 0 Å². The molecule has 8 heteroatoms. The van der Waals surface area contributed by atoms with E-state index in [1.165, 1.54) is 0 Å². The molecule has 2 aliphatic rings. The number of hydrogen-bond acceptors (Lipinski definition) is 6. The quantitative estimate of drug-likeness (QED) is 0.561. The Morgan fingerprint density at radius 2 is 2.19 bits per heavy atom. The number of benzene rings is 1. The molecule has 1 fully saturated rings. The molecule has 0 aromatic heterocycles. The molecular formula is C19H26BNO6. The highest BCUT2D eigenvalue weighted by molar-refractivity contribution is 6.62. The summed E-state index contributed by atoms with van der Waals surface area (Å²) in [6, 6.07) is 2.71. The van der Waals surface area contributed by atoms with Crippen LogP contribution in [0.25, 0.3) is 0 Å². The number of rotatable bonds is 6. The molecule has 0 aliphatic carbocycles. The minimum atomic E-state index is -1.02. The van der Waals surface area contributed by atoms with Gasteiger partial charge in [-0.15, -0.1) is 0 Å². The lowest BCUT2D eigenvalue weighted by atomic mass is 9.75. The number of carbonyl (C=O) groups is 2. The van der Waals surface area contributed by atoms with Crippen molar-refractivity contribution in [1.82, 2.24) is 5.32 Å². The van der Waals surface area contributed by atoms with E-state index in [-0.39, 0.29) is 24.5 Å². The van der Waals surface area contributed by atoms with Crippen LogP contribution in [0, 0.1) is 12.8 Å². The minimum Gasteiger partial charge on any atom is -0.461 e. The molecule has 1 saturated heterocycles. The Labute approximate surface area is 159 Å². The number of nitrogens with one attached hydrogen (secondary N) is 1. The maximum Gasteiger partial charge on any atom is 0.492 e.